The fraction of sp³-hybridized carbons (Fsp3) is 0.444. The van der Waals surface area contributed by atoms with Gasteiger partial charge in [0.15, 0.2) is 0 Å². The molecule has 1 aliphatic rings. The molecule has 0 spiro atoms. The van der Waals surface area contributed by atoms with E-state index in [1.54, 1.807) is 14.2 Å². The molecule has 6 nitrogen and oxygen atoms in total. The zero-order chi connectivity index (χ0) is 22.9. The monoisotopic (exact) mass is 448 g/mol. The molecule has 1 aliphatic heterocycles. The third-order valence-electron chi connectivity index (χ3n) is 6.60. The van der Waals surface area contributed by atoms with Crippen LogP contribution in [0.2, 0.25) is 0 Å². The Morgan fingerprint density at radius 2 is 1.76 bits per heavy atom. The molecule has 2 aromatic carbocycles. The summed E-state index contributed by atoms with van der Waals surface area (Å²) in [5, 5.41) is 7.54. The smallest absolute Gasteiger partial charge is 0.123 e. The number of piperidine rings is 1. The maximum Gasteiger partial charge on any atom is 0.123 e. The molecule has 1 fully saturated rings. The van der Waals surface area contributed by atoms with Crippen LogP contribution in [-0.2, 0) is 17.8 Å². The normalized spacial score (nSPS) is 15.2. The SMILES string of the molecule is COCCN(Cc1cn[nH]c1-c1ccccc1)CC1CCN(Cc2ccccc2OC)CC1. The van der Waals surface area contributed by atoms with Crippen molar-refractivity contribution in [3.05, 3.63) is 71.9 Å². The van der Waals surface area contributed by atoms with E-state index >= 15 is 0 Å². The zero-order valence-electron chi connectivity index (χ0n) is 19.9. The molecule has 1 saturated heterocycles. The van der Waals surface area contributed by atoms with Gasteiger partial charge in [0.1, 0.15) is 5.75 Å². The second-order valence-electron chi connectivity index (χ2n) is 8.90. The summed E-state index contributed by atoms with van der Waals surface area (Å²) >= 11 is 0. The van der Waals surface area contributed by atoms with Crippen LogP contribution in [0, 0.1) is 5.92 Å². The molecule has 0 radical (unpaired) electrons. The Morgan fingerprint density at radius 3 is 2.52 bits per heavy atom. The molecule has 0 saturated carbocycles. The maximum atomic E-state index is 5.54. The van der Waals surface area contributed by atoms with Crippen molar-refractivity contribution in [3.8, 4) is 17.0 Å². The average molecular weight is 449 g/mol. The lowest BCUT2D eigenvalue weighted by Gasteiger charge is -2.35. The lowest BCUT2D eigenvalue weighted by atomic mass is 9.95. The van der Waals surface area contributed by atoms with E-state index in [4.69, 9.17) is 9.47 Å². The number of benzene rings is 2. The van der Waals surface area contributed by atoms with Gasteiger partial charge in [0.05, 0.1) is 25.6 Å². The zero-order valence-corrected chi connectivity index (χ0v) is 19.9. The molecule has 6 heteroatoms. The van der Waals surface area contributed by atoms with E-state index in [0.717, 1.165) is 57.3 Å². The molecule has 2 heterocycles. The number of para-hydroxylation sites is 1. The highest BCUT2D eigenvalue weighted by molar-refractivity contribution is 5.62. The summed E-state index contributed by atoms with van der Waals surface area (Å²) in [7, 11) is 3.53. The van der Waals surface area contributed by atoms with Crippen molar-refractivity contribution in [3.63, 3.8) is 0 Å². The highest BCUT2D eigenvalue weighted by Crippen LogP contribution is 2.26. The molecule has 0 unspecified atom stereocenters. The quantitative estimate of drug-likeness (QED) is 0.470. The van der Waals surface area contributed by atoms with E-state index in [1.807, 2.05) is 18.3 Å². The highest BCUT2D eigenvalue weighted by atomic mass is 16.5. The van der Waals surface area contributed by atoms with Crippen LogP contribution in [-0.4, -0.2) is 67.0 Å². The van der Waals surface area contributed by atoms with Gasteiger partial charge in [-0.05, 0) is 43.5 Å². The van der Waals surface area contributed by atoms with E-state index in [-0.39, 0.29) is 0 Å². The summed E-state index contributed by atoms with van der Waals surface area (Å²) < 4.78 is 11.0. The molecule has 1 N–H and O–H groups in total. The van der Waals surface area contributed by atoms with E-state index in [2.05, 4.69) is 62.5 Å². The van der Waals surface area contributed by atoms with Crippen molar-refractivity contribution in [2.75, 3.05) is 47.0 Å². The average Bonchev–Trinajstić information content (AvgIpc) is 3.32. The van der Waals surface area contributed by atoms with Crippen LogP contribution in [0.15, 0.2) is 60.8 Å². The molecule has 4 rings (SSSR count). The number of hydrogen-bond donors (Lipinski definition) is 1. The Bertz CT molecular complexity index is 967. The van der Waals surface area contributed by atoms with Gasteiger partial charge >= 0.3 is 0 Å². The molecular formula is C27H36N4O2. The first-order valence-electron chi connectivity index (χ1n) is 11.9. The Hall–Kier alpha value is -2.67. The number of nitrogens with one attached hydrogen (secondary N) is 1. The van der Waals surface area contributed by atoms with Gasteiger partial charge in [-0.3, -0.25) is 14.9 Å². The molecular weight excluding hydrogens is 412 g/mol. The first-order chi connectivity index (χ1) is 16.3. The summed E-state index contributed by atoms with van der Waals surface area (Å²) in [6.07, 6.45) is 4.41. The summed E-state index contributed by atoms with van der Waals surface area (Å²) in [5.41, 5.74) is 4.81. The highest BCUT2D eigenvalue weighted by Gasteiger charge is 2.23. The van der Waals surface area contributed by atoms with Gasteiger partial charge in [-0.25, -0.2) is 0 Å². The molecule has 0 bridgehead atoms. The molecule has 0 amide bonds. The first kappa shape index (κ1) is 23.5. The van der Waals surface area contributed by atoms with Crippen molar-refractivity contribution in [1.29, 1.82) is 0 Å². The Kier molecular flexibility index (Phi) is 8.53. The number of methoxy groups -OCH3 is 2. The summed E-state index contributed by atoms with van der Waals surface area (Å²) in [4.78, 5) is 5.08. The number of H-pyrrole nitrogens is 1. The predicted molar refractivity (Wildman–Crippen MR) is 132 cm³/mol. The minimum Gasteiger partial charge on any atom is -0.496 e. The second kappa shape index (κ2) is 12.0. The fourth-order valence-corrected chi connectivity index (χ4v) is 4.75. The van der Waals surface area contributed by atoms with Crippen molar-refractivity contribution >= 4 is 0 Å². The van der Waals surface area contributed by atoms with Gasteiger partial charge < -0.3 is 9.47 Å². The van der Waals surface area contributed by atoms with Crippen molar-refractivity contribution in [2.45, 2.75) is 25.9 Å². The van der Waals surface area contributed by atoms with Crippen molar-refractivity contribution in [2.24, 2.45) is 5.92 Å². The van der Waals surface area contributed by atoms with E-state index in [0.29, 0.717) is 5.92 Å². The fourth-order valence-electron chi connectivity index (χ4n) is 4.75. The third-order valence-corrected chi connectivity index (χ3v) is 6.60. The summed E-state index contributed by atoms with van der Waals surface area (Å²) in [5.74, 6) is 1.68. The molecule has 0 atom stereocenters. The van der Waals surface area contributed by atoms with Crippen LogP contribution in [0.3, 0.4) is 0 Å². The standard InChI is InChI=1S/C27H36N4O2/c1-32-17-16-31(21-25-18-28-29-27(25)23-8-4-3-5-9-23)19-22-12-14-30(15-13-22)20-24-10-6-7-11-26(24)33-2/h3-11,18,22H,12-17,19-21H2,1-2H3,(H,28,29). The van der Waals surface area contributed by atoms with Crippen LogP contribution in [0.1, 0.15) is 24.0 Å². The second-order valence-corrected chi connectivity index (χ2v) is 8.90. The topological polar surface area (TPSA) is 53.6 Å². The minimum atomic E-state index is 0.697. The van der Waals surface area contributed by atoms with Gasteiger partial charge in [0, 0.05) is 44.4 Å². The number of nitrogens with zero attached hydrogens (tertiary/aromatic N) is 3. The van der Waals surface area contributed by atoms with Crippen LogP contribution in [0.4, 0.5) is 0 Å². The van der Waals surface area contributed by atoms with E-state index < -0.39 is 0 Å². The number of hydrogen-bond acceptors (Lipinski definition) is 5. The molecule has 176 valence electrons. The van der Waals surface area contributed by atoms with Crippen LogP contribution in [0.25, 0.3) is 11.3 Å². The van der Waals surface area contributed by atoms with Crippen molar-refractivity contribution < 1.29 is 9.47 Å². The molecule has 3 aromatic rings. The number of likely N-dealkylation sites (tertiary alicyclic amines) is 1. The third kappa shape index (κ3) is 6.44. The molecule has 0 aliphatic carbocycles. The number of rotatable bonds is 11. The lowest BCUT2D eigenvalue weighted by molar-refractivity contribution is 0.106. The summed E-state index contributed by atoms with van der Waals surface area (Å²) in [6.45, 7) is 6.85. The Labute approximate surface area is 197 Å². The van der Waals surface area contributed by atoms with Crippen LogP contribution in [0.5, 0.6) is 5.75 Å². The van der Waals surface area contributed by atoms with Gasteiger partial charge in [-0.15, -0.1) is 0 Å². The number of ether oxygens (including phenoxy) is 2. The number of aromatic nitrogens is 2. The Balaban J connectivity index is 1.34. The van der Waals surface area contributed by atoms with Crippen LogP contribution >= 0.6 is 0 Å². The first-order valence-corrected chi connectivity index (χ1v) is 11.9. The predicted octanol–water partition coefficient (Wildman–Crippen LogP) is 4.45. The largest absolute Gasteiger partial charge is 0.496 e. The van der Waals surface area contributed by atoms with Gasteiger partial charge in [0.25, 0.3) is 0 Å². The minimum absolute atomic E-state index is 0.697. The van der Waals surface area contributed by atoms with Gasteiger partial charge in [-0.2, -0.15) is 5.10 Å². The summed E-state index contributed by atoms with van der Waals surface area (Å²) in [6, 6.07) is 18.8. The van der Waals surface area contributed by atoms with E-state index in [1.165, 1.54) is 29.5 Å². The van der Waals surface area contributed by atoms with Crippen LogP contribution < -0.4 is 4.74 Å². The van der Waals surface area contributed by atoms with Crippen molar-refractivity contribution in [1.82, 2.24) is 20.0 Å². The number of aromatic amines is 1. The van der Waals surface area contributed by atoms with Gasteiger partial charge in [-0.1, -0.05) is 48.5 Å². The molecule has 1 aromatic heterocycles. The maximum absolute atomic E-state index is 5.54. The lowest BCUT2D eigenvalue weighted by Crippen LogP contribution is -2.39. The van der Waals surface area contributed by atoms with Gasteiger partial charge in [0.2, 0.25) is 0 Å². The molecule has 33 heavy (non-hydrogen) atoms. The Morgan fingerprint density at radius 1 is 1.00 bits per heavy atom. The van der Waals surface area contributed by atoms with E-state index in [9.17, 15) is 0 Å².